The van der Waals surface area contributed by atoms with E-state index < -0.39 is 57.4 Å². The number of benzene rings is 2. The number of aliphatic hydroxyl groups excluding tert-OH is 2. The summed E-state index contributed by atoms with van der Waals surface area (Å²) >= 11 is 0. The standard InChI is InChI=1S/C24H25N4O9P/c29-19-17(14-36-38(34)27-24(33)35-13-15-7-3-1-4-8-15)37-22(20(19)30)28-12-11-18(26-23(28)32)25-21(31)16-9-5-2-6-10-16/h1-12,17,19-20,22,29-30,34H,13-14H2,(H,27,33)(H,25,26,31,32)/t17-,19-,20-,22-,38?/m1/s1. The van der Waals surface area contributed by atoms with Crippen LogP contribution in [0.4, 0.5) is 10.6 Å². The molecule has 1 aliphatic rings. The van der Waals surface area contributed by atoms with Gasteiger partial charge >= 0.3 is 11.8 Å². The molecule has 2 heterocycles. The summed E-state index contributed by atoms with van der Waals surface area (Å²) in [5.74, 6) is -0.470. The van der Waals surface area contributed by atoms with Gasteiger partial charge in [0.15, 0.2) is 6.23 Å². The molecule has 2 amide bonds. The fourth-order valence-corrected chi connectivity index (χ4v) is 4.13. The molecule has 1 unspecified atom stereocenters. The van der Waals surface area contributed by atoms with E-state index in [2.05, 4.69) is 15.4 Å². The summed E-state index contributed by atoms with van der Waals surface area (Å²) in [5.41, 5.74) is 0.285. The van der Waals surface area contributed by atoms with Crippen molar-refractivity contribution in [2.45, 2.75) is 31.1 Å². The van der Waals surface area contributed by atoms with Crippen LogP contribution in [0, 0.1) is 0 Å². The van der Waals surface area contributed by atoms with Crippen LogP contribution in [0.1, 0.15) is 22.1 Å². The number of rotatable bonds is 9. The highest BCUT2D eigenvalue weighted by Gasteiger charge is 2.44. The van der Waals surface area contributed by atoms with Crippen molar-refractivity contribution >= 4 is 26.3 Å². The van der Waals surface area contributed by atoms with Crippen LogP contribution in [0.5, 0.6) is 0 Å². The van der Waals surface area contributed by atoms with E-state index in [1.807, 2.05) is 6.07 Å². The molecule has 13 nitrogen and oxygen atoms in total. The Balaban J connectivity index is 1.28. The zero-order valence-electron chi connectivity index (χ0n) is 19.8. The van der Waals surface area contributed by atoms with Crippen LogP contribution in [-0.2, 0) is 20.6 Å². The molecule has 1 saturated heterocycles. The number of aliphatic hydroxyl groups is 2. The van der Waals surface area contributed by atoms with Crippen LogP contribution in [-0.4, -0.2) is 61.6 Å². The van der Waals surface area contributed by atoms with Crippen molar-refractivity contribution in [2.75, 3.05) is 11.9 Å². The molecular weight excluding hydrogens is 519 g/mol. The van der Waals surface area contributed by atoms with Crippen molar-refractivity contribution in [3.8, 4) is 0 Å². The average Bonchev–Trinajstić information content (AvgIpc) is 3.20. The highest BCUT2D eigenvalue weighted by Crippen LogP contribution is 2.32. The lowest BCUT2D eigenvalue weighted by molar-refractivity contribution is -0.0514. The maximum absolute atomic E-state index is 12.6. The van der Waals surface area contributed by atoms with Gasteiger partial charge in [0.2, 0.25) is 0 Å². The Hall–Kier alpha value is -3.71. The number of hydrogen-bond acceptors (Lipinski definition) is 10. The number of anilines is 1. The number of nitrogens with zero attached hydrogens (tertiary/aromatic N) is 2. The zero-order valence-corrected chi connectivity index (χ0v) is 20.7. The van der Waals surface area contributed by atoms with Gasteiger partial charge in [-0.15, -0.1) is 0 Å². The first kappa shape index (κ1) is 27.3. The predicted octanol–water partition coefficient (Wildman–Crippen LogP) is 1.28. The topological polar surface area (TPSA) is 181 Å². The predicted molar refractivity (Wildman–Crippen MR) is 134 cm³/mol. The number of nitrogens with one attached hydrogen (secondary N) is 2. The van der Waals surface area contributed by atoms with Crippen LogP contribution < -0.4 is 16.1 Å². The Labute approximate surface area is 217 Å². The number of carbonyl (C=O) groups excluding carboxylic acids is 2. The normalized spacial score (nSPS) is 21.4. The van der Waals surface area contributed by atoms with E-state index in [9.17, 15) is 29.5 Å². The molecule has 4 rings (SSSR count). The first-order valence-corrected chi connectivity index (χ1v) is 12.6. The summed E-state index contributed by atoms with van der Waals surface area (Å²) in [4.78, 5) is 50.4. The number of amides is 2. The SMILES string of the molecule is O=C(NP(O)OC[C@H]1O[C@@H](n2ccc(NC(=O)c3ccccc3)nc2=O)[C@H](O)[C@@H]1O)OCc1ccccc1. The second-order valence-electron chi connectivity index (χ2n) is 8.11. The van der Waals surface area contributed by atoms with E-state index in [1.165, 1.54) is 12.3 Å². The Bertz CT molecular complexity index is 1290. The lowest BCUT2D eigenvalue weighted by atomic mass is 10.1. The van der Waals surface area contributed by atoms with E-state index >= 15 is 0 Å². The molecule has 0 aliphatic carbocycles. The van der Waals surface area contributed by atoms with Crippen LogP contribution in [0.15, 0.2) is 77.7 Å². The summed E-state index contributed by atoms with van der Waals surface area (Å²) in [6.45, 7) is -0.422. The molecule has 1 fully saturated rings. The molecule has 0 radical (unpaired) electrons. The van der Waals surface area contributed by atoms with Crippen LogP contribution >= 0.6 is 8.53 Å². The molecule has 0 bridgehead atoms. The number of carbonyl (C=O) groups is 2. The molecular formula is C24H25N4O9P. The lowest BCUT2D eigenvalue weighted by Gasteiger charge is -2.18. The molecule has 1 aromatic heterocycles. The quantitative estimate of drug-likeness (QED) is 0.246. The highest BCUT2D eigenvalue weighted by atomic mass is 31.2. The largest absolute Gasteiger partial charge is 0.444 e. The van der Waals surface area contributed by atoms with E-state index in [1.54, 1.807) is 54.6 Å². The fourth-order valence-electron chi connectivity index (χ4n) is 3.56. The van der Waals surface area contributed by atoms with Gasteiger partial charge in [0.1, 0.15) is 30.7 Å². The molecule has 0 saturated carbocycles. The first-order chi connectivity index (χ1) is 18.3. The molecule has 3 aromatic rings. The van der Waals surface area contributed by atoms with Gasteiger partial charge in [-0.3, -0.25) is 14.4 Å². The van der Waals surface area contributed by atoms with E-state index in [0.717, 1.165) is 10.1 Å². The van der Waals surface area contributed by atoms with Crippen molar-refractivity contribution in [3.63, 3.8) is 0 Å². The van der Waals surface area contributed by atoms with Crippen molar-refractivity contribution in [1.82, 2.24) is 14.6 Å². The second-order valence-corrected chi connectivity index (χ2v) is 9.14. The highest BCUT2D eigenvalue weighted by molar-refractivity contribution is 7.44. The third-order valence-corrected chi connectivity index (χ3v) is 6.25. The van der Waals surface area contributed by atoms with Gasteiger partial charge in [-0.2, -0.15) is 4.98 Å². The average molecular weight is 544 g/mol. The summed E-state index contributed by atoms with van der Waals surface area (Å²) < 4.78 is 16.7. The minimum absolute atomic E-state index is 0.00825. The van der Waals surface area contributed by atoms with Crippen molar-refractivity contribution < 1.29 is 38.7 Å². The van der Waals surface area contributed by atoms with Gasteiger partial charge in [-0.1, -0.05) is 48.5 Å². The molecule has 200 valence electrons. The number of aromatic nitrogens is 2. The van der Waals surface area contributed by atoms with E-state index in [-0.39, 0.29) is 12.4 Å². The molecule has 5 atom stereocenters. The van der Waals surface area contributed by atoms with Crippen LogP contribution in [0.25, 0.3) is 0 Å². The molecule has 5 N–H and O–H groups in total. The van der Waals surface area contributed by atoms with Gasteiger partial charge < -0.3 is 34.4 Å². The molecule has 38 heavy (non-hydrogen) atoms. The molecule has 14 heteroatoms. The minimum atomic E-state index is -2.48. The Morgan fingerprint density at radius 2 is 1.71 bits per heavy atom. The third kappa shape index (κ3) is 6.98. The zero-order chi connectivity index (χ0) is 27.1. The van der Waals surface area contributed by atoms with Gasteiger partial charge in [0.05, 0.1) is 6.61 Å². The Kier molecular flexibility index (Phi) is 9.13. The molecule has 2 aromatic carbocycles. The monoisotopic (exact) mass is 544 g/mol. The molecule has 1 aliphatic heterocycles. The van der Waals surface area contributed by atoms with Crippen LogP contribution in [0.3, 0.4) is 0 Å². The summed E-state index contributed by atoms with van der Waals surface area (Å²) in [5, 5.41) is 25.4. The van der Waals surface area contributed by atoms with Gasteiger partial charge in [0, 0.05) is 11.8 Å². The maximum atomic E-state index is 12.6. The Morgan fingerprint density at radius 1 is 1.03 bits per heavy atom. The number of hydrogen-bond donors (Lipinski definition) is 5. The van der Waals surface area contributed by atoms with E-state index in [4.69, 9.17) is 14.0 Å². The minimum Gasteiger partial charge on any atom is -0.444 e. The van der Waals surface area contributed by atoms with Crippen molar-refractivity contribution in [2.24, 2.45) is 0 Å². The van der Waals surface area contributed by atoms with Crippen molar-refractivity contribution in [1.29, 1.82) is 0 Å². The fraction of sp³-hybridized carbons (Fsp3) is 0.250. The van der Waals surface area contributed by atoms with Crippen LogP contribution in [0.2, 0.25) is 0 Å². The summed E-state index contributed by atoms with van der Waals surface area (Å²) in [6.07, 6.45) is -5.11. The molecule has 0 spiro atoms. The number of ether oxygens (including phenoxy) is 2. The smallest absolute Gasteiger partial charge is 0.414 e. The maximum Gasteiger partial charge on any atom is 0.414 e. The van der Waals surface area contributed by atoms with Crippen molar-refractivity contribution in [3.05, 3.63) is 94.5 Å². The summed E-state index contributed by atoms with van der Waals surface area (Å²) in [7, 11) is -2.48. The first-order valence-electron chi connectivity index (χ1n) is 11.4. The van der Waals surface area contributed by atoms with E-state index in [0.29, 0.717) is 5.56 Å². The van der Waals surface area contributed by atoms with Gasteiger partial charge in [0.25, 0.3) is 14.4 Å². The second kappa shape index (κ2) is 12.7. The lowest BCUT2D eigenvalue weighted by Crippen LogP contribution is -2.36. The van der Waals surface area contributed by atoms with Gasteiger partial charge in [-0.05, 0) is 23.8 Å². The Morgan fingerprint density at radius 3 is 2.39 bits per heavy atom. The summed E-state index contributed by atoms with van der Waals surface area (Å²) in [6, 6.07) is 18.6. The van der Waals surface area contributed by atoms with Gasteiger partial charge in [-0.25, -0.2) is 9.59 Å². The third-order valence-electron chi connectivity index (χ3n) is 5.48.